The van der Waals surface area contributed by atoms with Gasteiger partial charge in [0.05, 0.1) is 11.9 Å². The number of anilines is 1. The molecule has 1 aliphatic rings. The van der Waals surface area contributed by atoms with Gasteiger partial charge in [0.25, 0.3) is 0 Å². The molecule has 0 unspecified atom stereocenters. The first kappa shape index (κ1) is 11.4. The summed E-state index contributed by atoms with van der Waals surface area (Å²) in [4.78, 5) is 6.76. The predicted octanol–water partition coefficient (Wildman–Crippen LogP) is 2.18. The van der Waals surface area contributed by atoms with Gasteiger partial charge in [-0.15, -0.1) is 0 Å². The zero-order chi connectivity index (χ0) is 11.6. The lowest BCUT2D eigenvalue weighted by Crippen LogP contribution is -2.39. The van der Waals surface area contributed by atoms with Gasteiger partial charge >= 0.3 is 0 Å². The molecule has 2 rings (SSSR count). The van der Waals surface area contributed by atoms with Crippen molar-refractivity contribution in [2.75, 3.05) is 18.5 Å². The molecule has 3 nitrogen and oxygen atoms in total. The van der Waals surface area contributed by atoms with Crippen molar-refractivity contribution in [2.45, 2.75) is 38.8 Å². The van der Waals surface area contributed by atoms with E-state index in [1.807, 2.05) is 19.4 Å². The fourth-order valence-electron chi connectivity index (χ4n) is 2.55. The topological polar surface area (TPSA) is 28.2 Å². The van der Waals surface area contributed by atoms with Crippen LogP contribution >= 0.6 is 0 Å². The summed E-state index contributed by atoms with van der Waals surface area (Å²) in [5, 5.41) is 3.22. The Morgan fingerprint density at radius 2 is 2.31 bits per heavy atom. The maximum atomic E-state index is 4.27. The van der Waals surface area contributed by atoms with E-state index in [-0.39, 0.29) is 5.54 Å². The Morgan fingerprint density at radius 3 is 2.94 bits per heavy atom. The van der Waals surface area contributed by atoms with Crippen molar-refractivity contribution in [1.29, 1.82) is 0 Å². The van der Waals surface area contributed by atoms with Crippen molar-refractivity contribution < 1.29 is 0 Å². The van der Waals surface area contributed by atoms with Crippen LogP contribution in [0, 0.1) is 0 Å². The summed E-state index contributed by atoms with van der Waals surface area (Å²) in [6.07, 6.45) is 6.42. The molecule has 0 aromatic carbocycles. The smallest absolute Gasteiger partial charge is 0.0602 e. The van der Waals surface area contributed by atoms with E-state index in [1.54, 1.807) is 0 Å². The second-order valence-electron chi connectivity index (χ2n) is 5.10. The van der Waals surface area contributed by atoms with Crippen molar-refractivity contribution in [2.24, 2.45) is 0 Å². The molecule has 1 aromatic heterocycles. The molecule has 88 valence electrons. The molecule has 0 amide bonds. The Kier molecular flexibility index (Phi) is 3.15. The van der Waals surface area contributed by atoms with Crippen LogP contribution in [0.25, 0.3) is 0 Å². The van der Waals surface area contributed by atoms with Gasteiger partial charge in [0, 0.05) is 24.8 Å². The van der Waals surface area contributed by atoms with E-state index < -0.39 is 0 Å². The van der Waals surface area contributed by atoms with Crippen LogP contribution < -0.4 is 10.2 Å². The standard InChI is InChI=1S/C13H21N3/c1-13(2)6-4-8-16(13)12-10-15-7-5-11(12)9-14-3/h5,7,10,14H,4,6,8-9H2,1-3H3. The minimum atomic E-state index is 0.269. The van der Waals surface area contributed by atoms with Gasteiger partial charge in [-0.1, -0.05) is 0 Å². The maximum absolute atomic E-state index is 4.27. The Morgan fingerprint density at radius 1 is 1.50 bits per heavy atom. The van der Waals surface area contributed by atoms with Gasteiger partial charge in [-0.3, -0.25) is 4.98 Å². The van der Waals surface area contributed by atoms with Gasteiger partial charge < -0.3 is 10.2 Å². The number of hydrogen-bond donors (Lipinski definition) is 1. The summed E-state index contributed by atoms with van der Waals surface area (Å²) >= 11 is 0. The summed E-state index contributed by atoms with van der Waals surface area (Å²) in [5.74, 6) is 0. The third kappa shape index (κ3) is 2.05. The molecule has 16 heavy (non-hydrogen) atoms. The van der Waals surface area contributed by atoms with Crippen molar-refractivity contribution in [3.8, 4) is 0 Å². The van der Waals surface area contributed by atoms with Crippen LogP contribution in [0.3, 0.4) is 0 Å². The zero-order valence-corrected chi connectivity index (χ0v) is 10.5. The van der Waals surface area contributed by atoms with E-state index in [2.05, 4.69) is 35.1 Å². The van der Waals surface area contributed by atoms with E-state index >= 15 is 0 Å². The molecule has 1 N–H and O–H groups in total. The molecule has 0 radical (unpaired) electrons. The lowest BCUT2D eigenvalue weighted by Gasteiger charge is -2.34. The quantitative estimate of drug-likeness (QED) is 0.844. The monoisotopic (exact) mass is 219 g/mol. The van der Waals surface area contributed by atoms with Gasteiger partial charge in [0.2, 0.25) is 0 Å². The van der Waals surface area contributed by atoms with Crippen LogP contribution in [0.4, 0.5) is 5.69 Å². The van der Waals surface area contributed by atoms with Crippen molar-refractivity contribution in [3.05, 3.63) is 24.0 Å². The maximum Gasteiger partial charge on any atom is 0.0602 e. The molecule has 0 bridgehead atoms. The largest absolute Gasteiger partial charge is 0.365 e. The first-order chi connectivity index (χ1) is 7.65. The average molecular weight is 219 g/mol. The van der Waals surface area contributed by atoms with Crippen LogP contribution in [0.1, 0.15) is 32.3 Å². The van der Waals surface area contributed by atoms with E-state index in [9.17, 15) is 0 Å². The number of nitrogens with one attached hydrogen (secondary N) is 1. The molecule has 1 saturated heterocycles. The molecule has 2 heterocycles. The molecule has 1 fully saturated rings. The molecule has 1 aromatic rings. The molecule has 0 spiro atoms. The molecule has 0 atom stereocenters. The Hall–Kier alpha value is -1.09. The molecular weight excluding hydrogens is 198 g/mol. The molecule has 1 aliphatic heterocycles. The second-order valence-corrected chi connectivity index (χ2v) is 5.10. The average Bonchev–Trinajstić information content (AvgIpc) is 2.59. The third-order valence-corrected chi connectivity index (χ3v) is 3.45. The van der Waals surface area contributed by atoms with Crippen LogP contribution in [-0.2, 0) is 6.54 Å². The molecule has 3 heteroatoms. The molecule has 0 aliphatic carbocycles. The number of hydrogen-bond acceptors (Lipinski definition) is 3. The second kappa shape index (κ2) is 4.42. The third-order valence-electron chi connectivity index (χ3n) is 3.45. The van der Waals surface area contributed by atoms with Crippen molar-refractivity contribution in [1.82, 2.24) is 10.3 Å². The van der Waals surface area contributed by atoms with Crippen LogP contribution in [-0.4, -0.2) is 24.1 Å². The van der Waals surface area contributed by atoms with Crippen LogP contribution in [0.5, 0.6) is 0 Å². The van der Waals surface area contributed by atoms with Gasteiger partial charge in [0.15, 0.2) is 0 Å². The highest BCUT2D eigenvalue weighted by atomic mass is 15.2. The highest BCUT2D eigenvalue weighted by Crippen LogP contribution is 2.34. The normalized spacial score (nSPS) is 19.1. The fourth-order valence-corrected chi connectivity index (χ4v) is 2.55. The first-order valence-corrected chi connectivity index (χ1v) is 6.00. The number of nitrogens with zero attached hydrogens (tertiary/aromatic N) is 2. The summed E-state index contributed by atoms with van der Waals surface area (Å²) < 4.78 is 0. The lowest BCUT2D eigenvalue weighted by atomic mass is 10.0. The van der Waals surface area contributed by atoms with E-state index in [1.165, 1.54) is 24.1 Å². The minimum absolute atomic E-state index is 0.269. The Balaban J connectivity index is 2.32. The van der Waals surface area contributed by atoms with Crippen molar-refractivity contribution in [3.63, 3.8) is 0 Å². The zero-order valence-electron chi connectivity index (χ0n) is 10.5. The number of pyridine rings is 1. The number of rotatable bonds is 3. The van der Waals surface area contributed by atoms with Gasteiger partial charge in [-0.25, -0.2) is 0 Å². The van der Waals surface area contributed by atoms with Crippen LogP contribution in [0.2, 0.25) is 0 Å². The number of aromatic nitrogens is 1. The van der Waals surface area contributed by atoms with Crippen molar-refractivity contribution >= 4 is 5.69 Å². The summed E-state index contributed by atoms with van der Waals surface area (Å²) in [6.45, 7) is 6.69. The lowest BCUT2D eigenvalue weighted by molar-refractivity contribution is 0.516. The Labute approximate surface area is 97.9 Å². The Bertz CT molecular complexity index is 360. The molecule has 0 saturated carbocycles. The summed E-state index contributed by atoms with van der Waals surface area (Å²) in [5.41, 5.74) is 2.90. The summed E-state index contributed by atoms with van der Waals surface area (Å²) in [7, 11) is 1.99. The van der Waals surface area contributed by atoms with Gasteiger partial charge in [0.1, 0.15) is 0 Å². The minimum Gasteiger partial charge on any atom is -0.365 e. The van der Waals surface area contributed by atoms with E-state index in [0.717, 1.165) is 13.1 Å². The van der Waals surface area contributed by atoms with E-state index in [4.69, 9.17) is 0 Å². The van der Waals surface area contributed by atoms with E-state index in [0.29, 0.717) is 0 Å². The SMILES string of the molecule is CNCc1ccncc1N1CCCC1(C)C. The summed E-state index contributed by atoms with van der Waals surface area (Å²) in [6, 6.07) is 2.11. The van der Waals surface area contributed by atoms with Gasteiger partial charge in [-0.05, 0) is 45.4 Å². The van der Waals surface area contributed by atoms with Gasteiger partial charge in [-0.2, -0.15) is 0 Å². The predicted molar refractivity (Wildman–Crippen MR) is 67.7 cm³/mol. The fraction of sp³-hybridized carbons (Fsp3) is 0.615. The molecular formula is C13H21N3. The first-order valence-electron chi connectivity index (χ1n) is 6.00. The highest BCUT2D eigenvalue weighted by Gasteiger charge is 2.32. The highest BCUT2D eigenvalue weighted by molar-refractivity contribution is 5.54. The van der Waals surface area contributed by atoms with Crippen LogP contribution in [0.15, 0.2) is 18.5 Å².